The summed E-state index contributed by atoms with van der Waals surface area (Å²) in [6.45, 7) is 1.52. The second kappa shape index (κ2) is 4.48. The second-order valence-corrected chi connectivity index (χ2v) is 3.83. The largest absolute Gasteiger partial charge is 0.465 e. The van der Waals surface area contributed by atoms with Crippen LogP contribution in [0, 0.1) is 12.7 Å². The molecule has 3 N–H and O–H groups in total. The monoisotopic (exact) mass is 249 g/mol. The number of rotatable bonds is 2. The van der Waals surface area contributed by atoms with Crippen LogP contribution in [0.2, 0.25) is 0 Å². The number of carbonyl (C=O) groups excluding carboxylic acids is 1. The number of nitrogen functional groups attached to an aromatic ring is 1. The minimum Gasteiger partial charge on any atom is -0.465 e. The van der Waals surface area contributed by atoms with Crippen LogP contribution in [-0.2, 0) is 4.74 Å². The van der Waals surface area contributed by atoms with Crippen LogP contribution in [0.15, 0.2) is 18.2 Å². The number of aromatic nitrogens is 2. The van der Waals surface area contributed by atoms with Crippen molar-refractivity contribution in [2.75, 3.05) is 12.8 Å². The maximum atomic E-state index is 13.8. The fourth-order valence-corrected chi connectivity index (χ4v) is 1.64. The average molecular weight is 249 g/mol. The van der Waals surface area contributed by atoms with Crippen LogP contribution in [0.25, 0.3) is 11.3 Å². The summed E-state index contributed by atoms with van der Waals surface area (Å²) in [5.41, 5.74) is 6.94. The molecule has 18 heavy (non-hydrogen) atoms. The van der Waals surface area contributed by atoms with E-state index >= 15 is 0 Å². The average Bonchev–Trinajstić information content (AvgIpc) is 2.78. The van der Waals surface area contributed by atoms with E-state index in [1.807, 2.05) is 0 Å². The zero-order valence-electron chi connectivity index (χ0n) is 9.95. The molecular formula is C12H12FN3O2. The Morgan fingerprint density at radius 2 is 2.17 bits per heavy atom. The molecule has 1 heterocycles. The van der Waals surface area contributed by atoms with Gasteiger partial charge in [0.1, 0.15) is 11.6 Å². The summed E-state index contributed by atoms with van der Waals surface area (Å²) >= 11 is 0. The number of halogens is 1. The highest BCUT2D eigenvalue weighted by Gasteiger charge is 2.15. The van der Waals surface area contributed by atoms with Gasteiger partial charge < -0.3 is 10.5 Å². The molecule has 0 amide bonds. The van der Waals surface area contributed by atoms with Crippen LogP contribution in [0.3, 0.4) is 0 Å². The van der Waals surface area contributed by atoms with Crippen molar-refractivity contribution in [3.05, 3.63) is 35.1 Å². The topological polar surface area (TPSA) is 81.0 Å². The lowest BCUT2D eigenvalue weighted by atomic mass is 10.0. The standard InChI is InChI=1S/C12H12FN3O2/c1-6-8(12(17)18-2)3-7(4-9(6)13)10-5-11(14)16-15-10/h3-5H,1-2H3,(H3,14,15,16). The summed E-state index contributed by atoms with van der Waals surface area (Å²) in [7, 11) is 1.25. The van der Waals surface area contributed by atoms with Gasteiger partial charge in [0.15, 0.2) is 0 Å². The smallest absolute Gasteiger partial charge is 0.338 e. The van der Waals surface area contributed by atoms with Crippen molar-refractivity contribution in [3.63, 3.8) is 0 Å². The second-order valence-electron chi connectivity index (χ2n) is 3.83. The highest BCUT2D eigenvalue weighted by atomic mass is 19.1. The summed E-state index contributed by atoms with van der Waals surface area (Å²) in [6.07, 6.45) is 0. The summed E-state index contributed by atoms with van der Waals surface area (Å²) in [5.74, 6) is -0.771. The third-order valence-electron chi connectivity index (χ3n) is 2.66. The summed E-state index contributed by atoms with van der Waals surface area (Å²) in [5, 5.41) is 6.41. The Hall–Kier alpha value is -2.37. The van der Waals surface area contributed by atoms with E-state index in [4.69, 9.17) is 5.73 Å². The lowest BCUT2D eigenvalue weighted by Gasteiger charge is -2.07. The predicted octanol–water partition coefficient (Wildman–Crippen LogP) is 1.89. The molecule has 0 fully saturated rings. The Bertz CT molecular complexity index is 607. The van der Waals surface area contributed by atoms with Crippen molar-refractivity contribution in [1.29, 1.82) is 0 Å². The van der Waals surface area contributed by atoms with E-state index in [-0.39, 0.29) is 11.1 Å². The quantitative estimate of drug-likeness (QED) is 0.796. The first kappa shape index (κ1) is 12.1. The van der Waals surface area contributed by atoms with Crippen molar-refractivity contribution >= 4 is 11.8 Å². The first-order valence-electron chi connectivity index (χ1n) is 5.22. The molecule has 1 aromatic heterocycles. The Labute approximate surface area is 103 Å². The lowest BCUT2D eigenvalue weighted by Crippen LogP contribution is -2.05. The molecule has 0 aliphatic rings. The molecule has 0 saturated heterocycles. The first-order valence-corrected chi connectivity index (χ1v) is 5.22. The highest BCUT2D eigenvalue weighted by Crippen LogP contribution is 2.24. The van der Waals surface area contributed by atoms with Gasteiger partial charge in [-0.1, -0.05) is 0 Å². The molecule has 6 heteroatoms. The van der Waals surface area contributed by atoms with Crippen LogP contribution < -0.4 is 5.73 Å². The van der Waals surface area contributed by atoms with E-state index in [1.54, 1.807) is 6.07 Å². The maximum absolute atomic E-state index is 13.8. The molecule has 2 aromatic rings. The third-order valence-corrected chi connectivity index (χ3v) is 2.66. The van der Waals surface area contributed by atoms with Crippen LogP contribution in [0.4, 0.5) is 10.2 Å². The number of hydrogen-bond donors (Lipinski definition) is 2. The molecule has 0 aliphatic carbocycles. The molecule has 0 saturated carbocycles. The summed E-state index contributed by atoms with van der Waals surface area (Å²) < 4.78 is 18.4. The van der Waals surface area contributed by atoms with Crippen molar-refractivity contribution < 1.29 is 13.9 Å². The molecule has 0 radical (unpaired) electrons. The molecule has 0 bridgehead atoms. The van der Waals surface area contributed by atoms with Crippen LogP contribution in [0.1, 0.15) is 15.9 Å². The van der Waals surface area contributed by atoms with Gasteiger partial charge in [-0.15, -0.1) is 0 Å². The Kier molecular flexibility index (Phi) is 3.01. The summed E-state index contributed by atoms with van der Waals surface area (Å²) in [6, 6.07) is 4.41. The predicted molar refractivity (Wildman–Crippen MR) is 64.5 cm³/mol. The van der Waals surface area contributed by atoms with Crippen LogP contribution in [-0.4, -0.2) is 23.3 Å². The van der Waals surface area contributed by atoms with Gasteiger partial charge in [0, 0.05) is 11.6 Å². The fraction of sp³-hybridized carbons (Fsp3) is 0.167. The Morgan fingerprint density at radius 3 is 2.72 bits per heavy atom. The van der Waals surface area contributed by atoms with E-state index in [0.29, 0.717) is 17.1 Å². The number of methoxy groups -OCH3 is 1. The minimum absolute atomic E-state index is 0.181. The number of nitrogens with two attached hydrogens (primary N) is 1. The highest BCUT2D eigenvalue weighted by molar-refractivity contribution is 5.92. The normalized spacial score (nSPS) is 10.4. The molecule has 5 nitrogen and oxygen atoms in total. The lowest BCUT2D eigenvalue weighted by molar-refractivity contribution is 0.0599. The SMILES string of the molecule is COC(=O)c1cc(-c2cc(N)n[nH]2)cc(F)c1C. The number of nitrogens with one attached hydrogen (secondary N) is 1. The van der Waals surface area contributed by atoms with Gasteiger partial charge >= 0.3 is 5.97 Å². The fourth-order valence-electron chi connectivity index (χ4n) is 1.64. The van der Waals surface area contributed by atoms with Gasteiger partial charge in [0.25, 0.3) is 0 Å². The van der Waals surface area contributed by atoms with Gasteiger partial charge in [-0.05, 0) is 24.6 Å². The number of carbonyl (C=O) groups is 1. The van der Waals surface area contributed by atoms with E-state index in [1.165, 1.54) is 26.2 Å². The number of esters is 1. The number of ether oxygens (including phenoxy) is 1. The molecule has 0 unspecified atom stereocenters. The number of H-pyrrole nitrogens is 1. The Morgan fingerprint density at radius 1 is 1.44 bits per heavy atom. The van der Waals surface area contributed by atoms with Gasteiger partial charge in [0.05, 0.1) is 18.4 Å². The van der Waals surface area contributed by atoms with E-state index in [9.17, 15) is 9.18 Å². The van der Waals surface area contributed by atoms with E-state index < -0.39 is 11.8 Å². The zero-order valence-corrected chi connectivity index (χ0v) is 9.95. The van der Waals surface area contributed by atoms with E-state index in [0.717, 1.165) is 0 Å². The number of anilines is 1. The zero-order chi connectivity index (χ0) is 13.3. The van der Waals surface area contributed by atoms with Crippen LogP contribution in [0.5, 0.6) is 0 Å². The first-order chi connectivity index (χ1) is 8.52. The number of hydrogen-bond acceptors (Lipinski definition) is 4. The summed E-state index contributed by atoms with van der Waals surface area (Å²) in [4.78, 5) is 11.5. The minimum atomic E-state index is -0.583. The van der Waals surface area contributed by atoms with Gasteiger partial charge in [0.2, 0.25) is 0 Å². The van der Waals surface area contributed by atoms with E-state index in [2.05, 4.69) is 14.9 Å². The third kappa shape index (κ3) is 2.04. The molecule has 94 valence electrons. The molecule has 0 spiro atoms. The van der Waals surface area contributed by atoms with Crippen LogP contribution >= 0.6 is 0 Å². The molecule has 2 rings (SSSR count). The molecule has 0 aliphatic heterocycles. The van der Waals surface area contributed by atoms with Crippen molar-refractivity contribution in [1.82, 2.24) is 10.2 Å². The van der Waals surface area contributed by atoms with Gasteiger partial charge in [-0.25, -0.2) is 9.18 Å². The maximum Gasteiger partial charge on any atom is 0.338 e. The number of benzene rings is 1. The molecular weight excluding hydrogens is 237 g/mol. The van der Waals surface area contributed by atoms with Gasteiger partial charge in [-0.2, -0.15) is 5.10 Å². The molecule has 0 atom stereocenters. The van der Waals surface area contributed by atoms with Crippen molar-refractivity contribution in [2.45, 2.75) is 6.92 Å². The van der Waals surface area contributed by atoms with Crippen molar-refractivity contribution in [3.8, 4) is 11.3 Å². The Balaban J connectivity index is 2.57. The van der Waals surface area contributed by atoms with Gasteiger partial charge in [-0.3, -0.25) is 5.10 Å². The number of nitrogens with zero attached hydrogens (tertiary/aromatic N) is 1. The molecule has 1 aromatic carbocycles. The van der Waals surface area contributed by atoms with Crippen molar-refractivity contribution in [2.24, 2.45) is 0 Å². The number of aromatic amines is 1.